The molecule has 0 saturated carbocycles. The Kier molecular flexibility index (Phi) is 3.23. The van der Waals surface area contributed by atoms with E-state index in [0.29, 0.717) is 5.69 Å². The number of benzene rings is 1. The molecule has 4 nitrogen and oxygen atoms in total. The fourth-order valence-corrected chi connectivity index (χ4v) is 2.25. The fraction of sp³-hybridized carbons (Fsp3) is 0. The highest BCUT2D eigenvalue weighted by Gasteiger charge is 2.20. The van der Waals surface area contributed by atoms with Crippen molar-refractivity contribution in [2.24, 2.45) is 0 Å². The van der Waals surface area contributed by atoms with E-state index in [-0.39, 0.29) is 11.1 Å². The van der Waals surface area contributed by atoms with Gasteiger partial charge < -0.3 is 9.67 Å². The zero-order valence-electron chi connectivity index (χ0n) is 10.9. The number of pyridine rings is 1. The summed E-state index contributed by atoms with van der Waals surface area (Å²) in [5.41, 5.74) is 1.33. The molecule has 2 aromatic heterocycles. The van der Waals surface area contributed by atoms with E-state index in [1.807, 2.05) is 0 Å². The van der Waals surface area contributed by atoms with Crippen molar-refractivity contribution in [2.45, 2.75) is 0 Å². The first-order chi connectivity index (χ1) is 10.2. The van der Waals surface area contributed by atoms with Gasteiger partial charge in [-0.05, 0) is 30.3 Å². The lowest BCUT2D eigenvalue weighted by Gasteiger charge is -2.11. The summed E-state index contributed by atoms with van der Waals surface area (Å²) in [7, 11) is 0. The van der Waals surface area contributed by atoms with Gasteiger partial charge in [0.15, 0.2) is 0 Å². The summed E-state index contributed by atoms with van der Waals surface area (Å²) in [5, 5.41) is 9.33. The first-order valence-corrected chi connectivity index (χ1v) is 6.28. The second-order valence-corrected chi connectivity index (χ2v) is 4.44. The van der Waals surface area contributed by atoms with E-state index in [1.165, 1.54) is 12.1 Å². The van der Waals surface area contributed by atoms with Crippen LogP contribution >= 0.6 is 0 Å². The molecule has 0 bridgehead atoms. The van der Waals surface area contributed by atoms with Crippen LogP contribution in [0.5, 0.6) is 0 Å². The Labute approximate surface area is 120 Å². The van der Waals surface area contributed by atoms with E-state index in [1.54, 1.807) is 53.5 Å². The summed E-state index contributed by atoms with van der Waals surface area (Å²) >= 11 is 0. The number of nitrogens with zero attached hydrogens (tertiary/aromatic N) is 2. The maximum Gasteiger partial charge on any atom is 0.337 e. The van der Waals surface area contributed by atoms with Gasteiger partial charge in [0.1, 0.15) is 5.82 Å². The summed E-state index contributed by atoms with van der Waals surface area (Å²) in [6.45, 7) is 0. The molecule has 0 unspecified atom stereocenters. The molecule has 0 fully saturated rings. The minimum atomic E-state index is -1.10. The third-order valence-corrected chi connectivity index (χ3v) is 3.19. The van der Waals surface area contributed by atoms with Gasteiger partial charge in [-0.3, -0.25) is 4.98 Å². The van der Waals surface area contributed by atoms with Crippen molar-refractivity contribution in [3.05, 3.63) is 72.4 Å². The minimum Gasteiger partial charge on any atom is -0.478 e. The minimum absolute atomic E-state index is 0.0527. The summed E-state index contributed by atoms with van der Waals surface area (Å²) in [5.74, 6) is -1.56. The van der Waals surface area contributed by atoms with Gasteiger partial charge in [0.2, 0.25) is 0 Å². The van der Waals surface area contributed by atoms with E-state index < -0.39 is 11.8 Å². The van der Waals surface area contributed by atoms with Crippen LogP contribution in [0.4, 0.5) is 4.39 Å². The van der Waals surface area contributed by atoms with Crippen LogP contribution in [-0.2, 0) is 0 Å². The molecule has 104 valence electrons. The Morgan fingerprint density at radius 1 is 1.10 bits per heavy atom. The van der Waals surface area contributed by atoms with Crippen molar-refractivity contribution in [3.63, 3.8) is 0 Å². The van der Waals surface area contributed by atoms with E-state index in [0.717, 1.165) is 5.69 Å². The first-order valence-electron chi connectivity index (χ1n) is 6.28. The summed E-state index contributed by atoms with van der Waals surface area (Å²) in [6.07, 6.45) is 4.81. The van der Waals surface area contributed by atoms with Crippen LogP contribution < -0.4 is 0 Å². The molecule has 2 heterocycles. The molecule has 1 N–H and O–H groups in total. The molecule has 0 saturated heterocycles. The number of carboxylic acid groups (broad SMARTS) is 1. The van der Waals surface area contributed by atoms with Crippen LogP contribution in [0.2, 0.25) is 0 Å². The van der Waals surface area contributed by atoms with Crippen LogP contribution in [-0.4, -0.2) is 20.6 Å². The number of halogens is 1. The quantitative estimate of drug-likeness (QED) is 0.801. The molecule has 21 heavy (non-hydrogen) atoms. The SMILES string of the molecule is O=C(O)c1ccn(-c2ccncc2)c1-c1ccccc1F. The summed E-state index contributed by atoms with van der Waals surface area (Å²) < 4.78 is 15.7. The van der Waals surface area contributed by atoms with Gasteiger partial charge in [-0.1, -0.05) is 12.1 Å². The molecule has 1 aromatic carbocycles. The van der Waals surface area contributed by atoms with Crippen molar-refractivity contribution < 1.29 is 14.3 Å². The van der Waals surface area contributed by atoms with Crippen molar-refractivity contribution in [3.8, 4) is 16.9 Å². The highest BCUT2D eigenvalue weighted by Crippen LogP contribution is 2.30. The van der Waals surface area contributed by atoms with Gasteiger partial charge >= 0.3 is 5.97 Å². The van der Waals surface area contributed by atoms with Gasteiger partial charge in [0.25, 0.3) is 0 Å². The fourth-order valence-electron chi connectivity index (χ4n) is 2.25. The van der Waals surface area contributed by atoms with Crippen molar-refractivity contribution in [2.75, 3.05) is 0 Å². The van der Waals surface area contributed by atoms with E-state index >= 15 is 0 Å². The van der Waals surface area contributed by atoms with E-state index in [2.05, 4.69) is 4.98 Å². The maximum atomic E-state index is 14.1. The normalized spacial score (nSPS) is 10.5. The van der Waals surface area contributed by atoms with Crippen LogP contribution in [0.15, 0.2) is 61.1 Å². The second-order valence-electron chi connectivity index (χ2n) is 4.44. The lowest BCUT2D eigenvalue weighted by Crippen LogP contribution is -2.03. The van der Waals surface area contributed by atoms with Gasteiger partial charge in [-0.25, -0.2) is 9.18 Å². The maximum absolute atomic E-state index is 14.1. The van der Waals surface area contributed by atoms with Gasteiger partial charge in [-0.2, -0.15) is 0 Å². The summed E-state index contributed by atoms with van der Waals surface area (Å²) in [4.78, 5) is 15.3. The van der Waals surface area contributed by atoms with E-state index in [4.69, 9.17) is 0 Å². The van der Waals surface area contributed by atoms with Crippen LogP contribution in [0.3, 0.4) is 0 Å². The molecule has 5 heteroatoms. The highest BCUT2D eigenvalue weighted by atomic mass is 19.1. The number of carbonyl (C=O) groups is 1. The smallest absolute Gasteiger partial charge is 0.337 e. The molecule has 0 aliphatic carbocycles. The van der Waals surface area contributed by atoms with Gasteiger partial charge in [-0.15, -0.1) is 0 Å². The molecule has 0 spiro atoms. The second kappa shape index (κ2) is 5.20. The third kappa shape index (κ3) is 2.29. The summed E-state index contributed by atoms with van der Waals surface area (Å²) in [6, 6.07) is 11.0. The van der Waals surface area contributed by atoms with Gasteiger partial charge in [0, 0.05) is 29.8 Å². The predicted octanol–water partition coefficient (Wildman–Crippen LogP) is 3.38. The molecular formula is C16H11FN2O2. The van der Waals surface area contributed by atoms with Crippen molar-refractivity contribution >= 4 is 5.97 Å². The Balaban J connectivity index is 2.29. The highest BCUT2D eigenvalue weighted by molar-refractivity contribution is 5.95. The topological polar surface area (TPSA) is 55.1 Å². The monoisotopic (exact) mass is 282 g/mol. The molecule has 0 aliphatic heterocycles. The molecule has 3 aromatic rings. The standard InChI is InChI=1S/C16H11FN2O2/c17-14-4-2-1-3-12(14)15-13(16(20)21)7-10-19(15)11-5-8-18-9-6-11/h1-10H,(H,20,21). The van der Waals surface area contributed by atoms with E-state index in [9.17, 15) is 14.3 Å². The Hall–Kier alpha value is -2.95. The number of aromatic nitrogens is 2. The van der Waals surface area contributed by atoms with Gasteiger partial charge in [0.05, 0.1) is 11.3 Å². The van der Waals surface area contributed by atoms with Crippen LogP contribution in [0.25, 0.3) is 16.9 Å². The Bertz CT molecular complexity index is 797. The molecule has 0 aliphatic rings. The predicted molar refractivity (Wildman–Crippen MR) is 75.9 cm³/mol. The van der Waals surface area contributed by atoms with Crippen LogP contribution in [0.1, 0.15) is 10.4 Å². The number of hydrogen-bond donors (Lipinski definition) is 1. The lowest BCUT2D eigenvalue weighted by atomic mass is 10.1. The largest absolute Gasteiger partial charge is 0.478 e. The average molecular weight is 282 g/mol. The Morgan fingerprint density at radius 2 is 1.81 bits per heavy atom. The first kappa shape index (κ1) is 13.1. The Morgan fingerprint density at radius 3 is 2.48 bits per heavy atom. The third-order valence-electron chi connectivity index (χ3n) is 3.19. The number of rotatable bonds is 3. The molecule has 3 rings (SSSR count). The van der Waals surface area contributed by atoms with Crippen molar-refractivity contribution in [1.82, 2.24) is 9.55 Å². The number of carboxylic acids is 1. The molecule has 0 atom stereocenters. The van der Waals surface area contributed by atoms with Crippen molar-refractivity contribution in [1.29, 1.82) is 0 Å². The van der Waals surface area contributed by atoms with Crippen LogP contribution in [0, 0.1) is 5.82 Å². The number of hydrogen-bond acceptors (Lipinski definition) is 2. The zero-order chi connectivity index (χ0) is 14.8. The molecule has 0 radical (unpaired) electrons. The average Bonchev–Trinajstić information content (AvgIpc) is 2.93. The zero-order valence-corrected chi connectivity index (χ0v) is 10.9. The lowest BCUT2D eigenvalue weighted by molar-refractivity contribution is 0.0698. The number of aromatic carboxylic acids is 1. The molecule has 0 amide bonds. The molecular weight excluding hydrogens is 271 g/mol.